The number of ketones is 1. The minimum atomic E-state index is -0.282. The Morgan fingerprint density at radius 2 is 1.56 bits per heavy atom. The molecule has 1 aliphatic rings. The van der Waals surface area contributed by atoms with E-state index in [0.29, 0.717) is 17.2 Å². The monoisotopic (exact) mass is 447 g/mol. The summed E-state index contributed by atoms with van der Waals surface area (Å²) in [6, 6.07) is 21.1. The van der Waals surface area contributed by atoms with Crippen LogP contribution < -0.4 is 5.56 Å². The number of carbonyl (C=O) groups excluding carboxylic acids is 1. The number of aromatic nitrogens is 1. The molecule has 0 unspecified atom stereocenters. The third kappa shape index (κ3) is 4.88. The van der Waals surface area contributed by atoms with Crippen molar-refractivity contribution in [2.24, 2.45) is 5.92 Å². The van der Waals surface area contributed by atoms with E-state index in [1.54, 1.807) is 12.1 Å². The summed E-state index contributed by atoms with van der Waals surface area (Å²) in [7, 11) is 0. The minimum Gasteiger partial charge on any atom is -0.305 e. The summed E-state index contributed by atoms with van der Waals surface area (Å²) in [6.07, 6.45) is 4.62. The molecule has 0 bridgehead atoms. The van der Waals surface area contributed by atoms with Gasteiger partial charge in [0.25, 0.3) is 5.56 Å². The van der Waals surface area contributed by atoms with E-state index in [2.05, 4.69) is 31.2 Å². The topological polar surface area (TPSA) is 39.1 Å². The summed E-state index contributed by atoms with van der Waals surface area (Å²) < 4.78 is 1.85. The highest BCUT2D eigenvalue weighted by atomic mass is 35.5. The molecular formula is C28H30ClNO2. The molecule has 1 fully saturated rings. The van der Waals surface area contributed by atoms with Crippen LogP contribution in [0.5, 0.6) is 0 Å². The normalized spacial score (nSPS) is 16.1. The summed E-state index contributed by atoms with van der Waals surface area (Å²) >= 11 is 6.19. The van der Waals surface area contributed by atoms with Gasteiger partial charge in [-0.15, -0.1) is 0 Å². The fourth-order valence-electron chi connectivity index (χ4n) is 5.04. The summed E-state index contributed by atoms with van der Waals surface area (Å²) in [4.78, 5) is 26.5. The fourth-order valence-corrected chi connectivity index (χ4v) is 5.16. The van der Waals surface area contributed by atoms with Crippen molar-refractivity contribution in [3.8, 4) is 0 Å². The molecule has 1 aromatic heterocycles. The minimum absolute atomic E-state index is 0.0529. The van der Waals surface area contributed by atoms with Gasteiger partial charge in [-0.3, -0.25) is 9.59 Å². The van der Waals surface area contributed by atoms with Gasteiger partial charge in [-0.05, 0) is 56.0 Å². The Balaban J connectivity index is 1.87. The third-order valence-electron chi connectivity index (χ3n) is 6.80. The molecule has 4 rings (SSSR count). The first-order chi connectivity index (χ1) is 15.4. The molecule has 0 radical (unpaired) electrons. The Hall–Kier alpha value is -2.65. The van der Waals surface area contributed by atoms with Crippen molar-refractivity contribution >= 4 is 17.4 Å². The Bertz CT molecular complexity index is 1130. The quantitative estimate of drug-likeness (QED) is 0.407. The van der Waals surface area contributed by atoms with Crippen LogP contribution >= 0.6 is 11.6 Å². The van der Waals surface area contributed by atoms with E-state index < -0.39 is 0 Å². The number of hydrogen-bond acceptors (Lipinski definition) is 2. The number of nitrogens with zero attached hydrogens (tertiary/aromatic N) is 1. The maximum atomic E-state index is 13.4. The van der Waals surface area contributed by atoms with Crippen LogP contribution in [0.1, 0.15) is 66.4 Å². The molecule has 32 heavy (non-hydrogen) atoms. The van der Waals surface area contributed by atoms with Crippen molar-refractivity contribution in [1.82, 2.24) is 4.57 Å². The first kappa shape index (κ1) is 22.5. The Labute approximate surface area is 195 Å². The third-order valence-corrected chi connectivity index (χ3v) is 7.05. The van der Waals surface area contributed by atoms with Gasteiger partial charge in [0.15, 0.2) is 0 Å². The zero-order valence-corrected chi connectivity index (χ0v) is 19.5. The van der Waals surface area contributed by atoms with Gasteiger partial charge in [-0.1, -0.05) is 72.5 Å². The van der Waals surface area contributed by atoms with E-state index in [4.69, 9.17) is 11.6 Å². The standard InChI is InChI=1S/C28H30ClNO2/c1-19-10-12-23(13-11-19)28(30-20(2)6-5-9-27(30)32)25(21-14-16-24(29)17-15-21)18-26(31)22-7-3-4-8-22/h5-6,9-17,22,25,28H,3-4,7-8,18H2,1-2H3/t25-,28+/m1/s1. The molecule has 2 aromatic carbocycles. The fraction of sp³-hybridized carbons (Fsp3) is 0.357. The molecule has 0 N–H and O–H groups in total. The molecule has 0 saturated heterocycles. The molecule has 0 spiro atoms. The lowest BCUT2D eigenvalue weighted by Crippen LogP contribution is -2.32. The van der Waals surface area contributed by atoms with Gasteiger partial charge >= 0.3 is 0 Å². The maximum Gasteiger partial charge on any atom is 0.251 e. The van der Waals surface area contributed by atoms with Gasteiger partial charge in [0.1, 0.15) is 5.78 Å². The highest BCUT2D eigenvalue weighted by Crippen LogP contribution is 2.40. The molecule has 1 heterocycles. The molecule has 3 aromatic rings. The van der Waals surface area contributed by atoms with E-state index in [1.165, 1.54) is 0 Å². The average Bonchev–Trinajstić information content (AvgIpc) is 3.32. The Kier molecular flexibility index (Phi) is 6.95. The SMILES string of the molecule is Cc1ccc([C@@H]([C@H](CC(=O)C2CCCC2)c2ccc(Cl)cc2)n2c(C)cccc2=O)cc1. The van der Waals surface area contributed by atoms with Crippen LogP contribution in [-0.4, -0.2) is 10.4 Å². The van der Waals surface area contributed by atoms with Crippen molar-refractivity contribution in [2.45, 2.75) is 57.9 Å². The summed E-state index contributed by atoms with van der Waals surface area (Å²) in [6.45, 7) is 4.01. The number of carbonyl (C=O) groups is 1. The maximum absolute atomic E-state index is 13.4. The number of aryl methyl sites for hydroxylation is 2. The molecule has 166 valence electrons. The predicted molar refractivity (Wildman–Crippen MR) is 131 cm³/mol. The van der Waals surface area contributed by atoms with Crippen LogP contribution in [0.3, 0.4) is 0 Å². The van der Waals surface area contributed by atoms with E-state index in [-0.39, 0.29) is 23.4 Å². The average molecular weight is 448 g/mol. The smallest absolute Gasteiger partial charge is 0.251 e. The van der Waals surface area contributed by atoms with Crippen LogP contribution in [0, 0.1) is 19.8 Å². The van der Waals surface area contributed by atoms with Crippen molar-refractivity contribution in [2.75, 3.05) is 0 Å². The van der Waals surface area contributed by atoms with E-state index in [9.17, 15) is 9.59 Å². The predicted octanol–water partition coefficient (Wildman–Crippen LogP) is 6.64. The number of benzene rings is 2. The lowest BCUT2D eigenvalue weighted by atomic mass is 9.80. The van der Waals surface area contributed by atoms with Gasteiger partial charge in [0.05, 0.1) is 6.04 Å². The van der Waals surface area contributed by atoms with Gasteiger partial charge in [0.2, 0.25) is 0 Å². The summed E-state index contributed by atoms with van der Waals surface area (Å²) in [5.41, 5.74) is 4.06. The molecule has 2 atom stereocenters. The molecule has 3 nitrogen and oxygen atoms in total. The highest BCUT2D eigenvalue weighted by Gasteiger charge is 2.33. The molecule has 4 heteroatoms. The zero-order chi connectivity index (χ0) is 22.7. The molecule has 1 saturated carbocycles. The van der Waals surface area contributed by atoms with Crippen molar-refractivity contribution in [3.63, 3.8) is 0 Å². The molecule has 1 aliphatic carbocycles. The van der Waals surface area contributed by atoms with E-state index in [1.807, 2.05) is 41.8 Å². The van der Waals surface area contributed by atoms with Crippen LogP contribution in [0.15, 0.2) is 71.5 Å². The van der Waals surface area contributed by atoms with Crippen LogP contribution in [0.4, 0.5) is 0 Å². The number of rotatable bonds is 7. The number of hydrogen-bond donors (Lipinski definition) is 0. The first-order valence-electron chi connectivity index (χ1n) is 11.5. The van der Waals surface area contributed by atoms with E-state index in [0.717, 1.165) is 48.1 Å². The second kappa shape index (κ2) is 9.87. The number of halogens is 1. The van der Waals surface area contributed by atoms with Crippen LogP contribution in [0.25, 0.3) is 0 Å². The Morgan fingerprint density at radius 1 is 0.938 bits per heavy atom. The second-order valence-corrected chi connectivity index (χ2v) is 9.48. The van der Waals surface area contributed by atoms with Crippen LogP contribution in [-0.2, 0) is 4.79 Å². The lowest BCUT2D eigenvalue weighted by Gasteiger charge is -2.32. The summed E-state index contributed by atoms with van der Waals surface area (Å²) in [5, 5.41) is 0.662. The first-order valence-corrected chi connectivity index (χ1v) is 11.8. The summed E-state index contributed by atoms with van der Waals surface area (Å²) in [5.74, 6) is 0.278. The molecular weight excluding hydrogens is 418 g/mol. The lowest BCUT2D eigenvalue weighted by molar-refractivity contribution is -0.123. The van der Waals surface area contributed by atoms with Crippen molar-refractivity contribution in [1.29, 1.82) is 0 Å². The van der Waals surface area contributed by atoms with Gasteiger partial charge < -0.3 is 4.57 Å². The van der Waals surface area contributed by atoms with Gasteiger partial charge in [-0.2, -0.15) is 0 Å². The van der Waals surface area contributed by atoms with E-state index >= 15 is 0 Å². The van der Waals surface area contributed by atoms with Crippen molar-refractivity contribution < 1.29 is 4.79 Å². The molecule has 0 amide bonds. The second-order valence-electron chi connectivity index (χ2n) is 9.04. The van der Waals surface area contributed by atoms with Crippen LogP contribution in [0.2, 0.25) is 5.02 Å². The molecule has 0 aliphatic heterocycles. The van der Waals surface area contributed by atoms with Crippen molar-refractivity contribution in [3.05, 3.63) is 104 Å². The largest absolute Gasteiger partial charge is 0.305 e. The highest BCUT2D eigenvalue weighted by molar-refractivity contribution is 6.30. The zero-order valence-electron chi connectivity index (χ0n) is 18.8. The van der Waals surface area contributed by atoms with Gasteiger partial charge in [0, 0.05) is 35.0 Å². The number of pyridine rings is 1. The van der Waals surface area contributed by atoms with Gasteiger partial charge in [-0.25, -0.2) is 0 Å². The Morgan fingerprint density at radius 3 is 2.19 bits per heavy atom. The number of Topliss-reactive ketones (excluding diaryl/α,β-unsaturated/α-hetero) is 1.